The van der Waals surface area contributed by atoms with Crippen LogP contribution in [0.25, 0.3) is 0 Å². The first-order valence-electron chi connectivity index (χ1n) is 10.3. The SMILES string of the molecule is Cc1c(Cl)ncc(C(=O)N2CCC(c3ccc(F)cc3)CC2)c1Nc1ccc(F)c(F)c1. The van der Waals surface area contributed by atoms with Gasteiger partial charge in [-0.25, -0.2) is 18.2 Å². The van der Waals surface area contributed by atoms with Crippen LogP contribution in [-0.4, -0.2) is 28.9 Å². The molecule has 2 heterocycles. The molecule has 166 valence electrons. The smallest absolute Gasteiger partial charge is 0.257 e. The van der Waals surface area contributed by atoms with Crippen LogP contribution in [0, 0.1) is 24.4 Å². The van der Waals surface area contributed by atoms with Crippen molar-refractivity contribution in [3.63, 3.8) is 0 Å². The van der Waals surface area contributed by atoms with Crippen LogP contribution in [-0.2, 0) is 0 Å². The molecule has 2 aromatic carbocycles. The highest BCUT2D eigenvalue weighted by Crippen LogP contribution is 2.33. The number of aromatic nitrogens is 1. The lowest BCUT2D eigenvalue weighted by atomic mass is 9.89. The van der Waals surface area contributed by atoms with Crippen molar-refractivity contribution in [3.05, 3.63) is 88.0 Å². The van der Waals surface area contributed by atoms with Crippen molar-refractivity contribution in [3.8, 4) is 0 Å². The van der Waals surface area contributed by atoms with E-state index in [0.29, 0.717) is 35.6 Å². The lowest BCUT2D eigenvalue weighted by Gasteiger charge is -2.33. The number of benzene rings is 2. The molecule has 3 aromatic rings. The maximum absolute atomic E-state index is 13.7. The zero-order valence-corrected chi connectivity index (χ0v) is 18.1. The number of anilines is 2. The Morgan fingerprint density at radius 2 is 1.75 bits per heavy atom. The van der Waals surface area contributed by atoms with Gasteiger partial charge in [-0.2, -0.15) is 0 Å². The van der Waals surface area contributed by atoms with Crippen LogP contribution in [0.3, 0.4) is 0 Å². The van der Waals surface area contributed by atoms with Gasteiger partial charge in [0.25, 0.3) is 5.91 Å². The minimum Gasteiger partial charge on any atom is -0.354 e. The van der Waals surface area contributed by atoms with Crippen LogP contribution in [0.2, 0.25) is 5.15 Å². The first-order chi connectivity index (χ1) is 15.3. The summed E-state index contributed by atoms with van der Waals surface area (Å²) in [4.78, 5) is 19.1. The summed E-state index contributed by atoms with van der Waals surface area (Å²) in [7, 11) is 0. The Labute approximate surface area is 189 Å². The molecular formula is C24H21ClF3N3O. The summed E-state index contributed by atoms with van der Waals surface area (Å²) in [5.41, 5.74) is 2.59. The highest BCUT2D eigenvalue weighted by atomic mass is 35.5. The largest absolute Gasteiger partial charge is 0.354 e. The van der Waals surface area contributed by atoms with Crippen molar-refractivity contribution in [1.29, 1.82) is 0 Å². The van der Waals surface area contributed by atoms with E-state index in [0.717, 1.165) is 30.5 Å². The average molecular weight is 460 g/mol. The van der Waals surface area contributed by atoms with Gasteiger partial charge in [-0.1, -0.05) is 23.7 Å². The lowest BCUT2D eigenvalue weighted by molar-refractivity contribution is 0.0713. The summed E-state index contributed by atoms with van der Waals surface area (Å²) in [5.74, 6) is -2.19. The predicted octanol–water partition coefficient (Wildman–Crippen LogP) is 6.22. The number of nitrogens with zero attached hydrogens (tertiary/aromatic N) is 2. The lowest BCUT2D eigenvalue weighted by Crippen LogP contribution is -2.38. The predicted molar refractivity (Wildman–Crippen MR) is 118 cm³/mol. The third-order valence-electron chi connectivity index (χ3n) is 5.80. The summed E-state index contributed by atoms with van der Waals surface area (Å²) in [6.45, 7) is 2.77. The minimum absolute atomic E-state index is 0.210. The summed E-state index contributed by atoms with van der Waals surface area (Å²) in [6.07, 6.45) is 2.90. The molecule has 1 saturated heterocycles. The molecule has 32 heavy (non-hydrogen) atoms. The molecule has 0 radical (unpaired) electrons. The summed E-state index contributed by atoms with van der Waals surface area (Å²) in [5, 5.41) is 3.21. The summed E-state index contributed by atoms with van der Waals surface area (Å²) >= 11 is 6.16. The van der Waals surface area contributed by atoms with Gasteiger partial charge in [0.05, 0.1) is 11.3 Å². The van der Waals surface area contributed by atoms with E-state index in [2.05, 4.69) is 10.3 Å². The zero-order chi connectivity index (χ0) is 22.8. The standard InChI is InChI=1S/C24H21ClF3N3O/c1-14-22(30-18-6-7-20(27)21(28)12-18)19(13-29-23(14)25)24(32)31-10-8-16(9-11-31)15-2-4-17(26)5-3-15/h2-7,12-13,16H,8-11H2,1H3,(H,29,30). The number of hydrogen-bond donors (Lipinski definition) is 1. The zero-order valence-electron chi connectivity index (χ0n) is 17.3. The molecule has 1 fully saturated rings. The van der Waals surface area contributed by atoms with Gasteiger partial charge in [0.15, 0.2) is 11.6 Å². The number of amides is 1. The van der Waals surface area contributed by atoms with Crippen molar-refractivity contribution in [2.24, 2.45) is 0 Å². The fraction of sp³-hybridized carbons (Fsp3) is 0.250. The number of likely N-dealkylation sites (tertiary alicyclic amines) is 1. The van der Waals surface area contributed by atoms with Gasteiger partial charge in [0.1, 0.15) is 11.0 Å². The van der Waals surface area contributed by atoms with E-state index in [1.807, 2.05) is 0 Å². The average Bonchev–Trinajstić information content (AvgIpc) is 2.80. The number of rotatable bonds is 4. The van der Waals surface area contributed by atoms with Crippen LogP contribution in [0.5, 0.6) is 0 Å². The Morgan fingerprint density at radius 1 is 1.06 bits per heavy atom. The first kappa shape index (κ1) is 22.1. The highest BCUT2D eigenvalue weighted by molar-refractivity contribution is 6.30. The first-order valence-corrected chi connectivity index (χ1v) is 10.6. The number of carbonyl (C=O) groups excluding carboxylic acids is 1. The molecule has 0 spiro atoms. The summed E-state index contributed by atoms with van der Waals surface area (Å²) < 4.78 is 40.1. The molecule has 4 rings (SSSR count). The maximum atomic E-state index is 13.7. The van der Waals surface area contributed by atoms with Crippen LogP contribution in [0.4, 0.5) is 24.5 Å². The van der Waals surface area contributed by atoms with Crippen molar-refractivity contribution in [1.82, 2.24) is 9.88 Å². The van der Waals surface area contributed by atoms with Crippen molar-refractivity contribution >= 4 is 28.9 Å². The van der Waals surface area contributed by atoms with Crippen molar-refractivity contribution in [2.45, 2.75) is 25.7 Å². The third-order valence-corrected chi connectivity index (χ3v) is 6.18. The van der Waals surface area contributed by atoms with E-state index in [4.69, 9.17) is 11.6 Å². The van der Waals surface area contributed by atoms with Crippen LogP contribution < -0.4 is 5.32 Å². The second kappa shape index (κ2) is 9.20. The molecule has 0 unspecified atom stereocenters. The maximum Gasteiger partial charge on any atom is 0.257 e. The van der Waals surface area contributed by atoms with Gasteiger partial charge in [0.2, 0.25) is 0 Å². The highest BCUT2D eigenvalue weighted by Gasteiger charge is 2.27. The van der Waals surface area contributed by atoms with E-state index >= 15 is 0 Å². The normalized spacial score (nSPS) is 14.5. The fourth-order valence-corrected chi connectivity index (χ4v) is 4.09. The number of pyridine rings is 1. The molecule has 0 bridgehead atoms. The van der Waals surface area contributed by atoms with E-state index in [1.165, 1.54) is 24.4 Å². The minimum atomic E-state index is -0.997. The van der Waals surface area contributed by atoms with Crippen molar-refractivity contribution in [2.75, 3.05) is 18.4 Å². The quantitative estimate of drug-likeness (QED) is 0.471. The van der Waals surface area contributed by atoms with Gasteiger partial charge in [-0.3, -0.25) is 4.79 Å². The second-order valence-corrected chi connectivity index (χ2v) is 8.19. The Hall–Kier alpha value is -3.06. The van der Waals surface area contributed by atoms with Crippen LogP contribution in [0.15, 0.2) is 48.7 Å². The second-order valence-electron chi connectivity index (χ2n) is 7.83. The van der Waals surface area contributed by atoms with Gasteiger partial charge in [-0.05, 0) is 55.5 Å². The Balaban J connectivity index is 1.54. The number of hydrogen-bond acceptors (Lipinski definition) is 3. The van der Waals surface area contributed by atoms with Gasteiger partial charge >= 0.3 is 0 Å². The van der Waals surface area contributed by atoms with E-state index in [1.54, 1.807) is 24.0 Å². The van der Waals surface area contributed by atoms with E-state index < -0.39 is 11.6 Å². The summed E-state index contributed by atoms with van der Waals surface area (Å²) in [6, 6.07) is 9.88. The van der Waals surface area contributed by atoms with Crippen LogP contribution in [0.1, 0.15) is 40.2 Å². The molecule has 8 heteroatoms. The van der Waals surface area contributed by atoms with Gasteiger partial charge in [-0.15, -0.1) is 0 Å². The van der Waals surface area contributed by atoms with E-state index in [-0.39, 0.29) is 22.8 Å². The van der Waals surface area contributed by atoms with Crippen LogP contribution >= 0.6 is 11.6 Å². The Bertz CT molecular complexity index is 1150. The molecule has 1 aromatic heterocycles. The molecule has 4 nitrogen and oxygen atoms in total. The molecule has 1 aliphatic rings. The van der Waals surface area contributed by atoms with Gasteiger partial charge < -0.3 is 10.2 Å². The molecule has 0 atom stereocenters. The molecule has 1 aliphatic heterocycles. The molecule has 0 saturated carbocycles. The number of carbonyl (C=O) groups is 1. The fourth-order valence-electron chi connectivity index (χ4n) is 3.95. The number of nitrogens with one attached hydrogen (secondary N) is 1. The van der Waals surface area contributed by atoms with Crippen molar-refractivity contribution < 1.29 is 18.0 Å². The van der Waals surface area contributed by atoms with Gasteiger partial charge in [0, 0.05) is 36.6 Å². The number of piperidine rings is 1. The number of halogens is 4. The Morgan fingerprint density at radius 3 is 2.41 bits per heavy atom. The molecule has 1 N–H and O–H groups in total. The Kier molecular flexibility index (Phi) is 6.37. The third kappa shape index (κ3) is 4.58. The molecule has 0 aliphatic carbocycles. The van der Waals surface area contributed by atoms with E-state index in [9.17, 15) is 18.0 Å². The topological polar surface area (TPSA) is 45.2 Å². The molecular weight excluding hydrogens is 439 g/mol. The monoisotopic (exact) mass is 459 g/mol. The molecule has 1 amide bonds.